The summed E-state index contributed by atoms with van der Waals surface area (Å²) in [4.78, 5) is 0. The van der Waals surface area contributed by atoms with E-state index in [-0.39, 0.29) is 0 Å². The van der Waals surface area contributed by atoms with Crippen LogP contribution in [0.3, 0.4) is 0 Å². The first-order valence-corrected chi connectivity index (χ1v) is 9.78. The van der Waals surface area contributed by atoms with Gasteiger partial charge in [0.2, 0.25) is 0 Å². The second-order valence-electron chi connectivity index (χ2n) is 7.18. The third-order valence-electron chi connectivity index (χ3n) is 5.26. The third-order valence-corrected chi connectivity index (χ3v) is 5.26. The molecule has 5 aromatic rings. The Bertz CT molecular complexity index is 1370. The van der Waals surface area contributed by atoms with Crippen molar-refractivity contribution in [2.24, 2.45) is 0 Å². The lowest BCUT2D eigenvalue weighted by Crippen LogP contribution is -2.00. The van der Waals surface area contributed by atoms with Crippen molar-refractivity contribution in [3.63, 3.8) is 0 Å². The number of hydrogen-bond donors (Lipinski definition) is 0. The van der Waals surface area contributed by atoms with Crippen LogP contribution in [-0.2, 0) is 6.54 Å². The zero-order chi connectivity index (χ0) is 20.3. The number of rotatable bonds is 4. The number of nitrogens with zero attached hydrogens (tertiary/aromatic N) is 4. The normalized spacial score (nSPS) is 10.8. The molecule has 0 unspecified atom stereocenters. The van der Waals surface area contributed by atoms with E-state index in [2.05, 4.69) is 58.8 Å². The minimum atomic E-state index is 0.637. The van der Waals surface area contributed by atoms with Crippen LogP contribution in [0.5, 0.6) is 0 Å². The number of aromatic nitrogens is 3. The van der Waals surface area contributed by atoms with Crippen LogP contribution in [0.2, 0.25) is 0 Å². The van der Waals surface area contributed by atoms with Crippen LogP contribution < -0.4 is 0 Å². The molecular formula is C26H18N4. The number of fused-ring (bicyclic) bond motifs is 1. The van der Waals surface area contributed by atoms with E-state index in [1.54, 1.807) is 0 Å². The average molecular weight is 386 g/mol. The van der Waals surface area contributed by atoms with Crippen molar-refractivity contribution in [1.29, 1.82) is 5.26 Å². The molecule has 1 heterocycles. The number of hydrogen-bond acceptors (Lipinski definition) is 3. The lowest BCUT2D eigenvalue weighted by molar-refractivity contribution is 0.650. The van der Waals surface area contributed by atoms with Gasteiger partial charge in [-0.25, -0.2) is 4.68 Å². The van der Waals surface area contributed by atoms with Gasteiger partial charge in [-0.05, 0) is 33.5 Å². The van der Waals surface area contributed by atoms with Gasteiger partial charge in [0.15, 0.2) is 0 Å². The Morgan fingerprint density at radius 2 is 1.50 bits per heavy atom. The highest BCUT2D eigenvalue weighted by Crippen LogP contribution is 2.27. The van der Waals surface area contributed by atoms with Crippen molar-refractivity contribution in [3.8, 4) is 28.5 Å². The molecule has 0 radical (unpaired) electrons. The molecule has 4 aromatic carbocycles. The third kappa shape index (κ3) is 3.34. The summed E-state index contributed by atoms with van der Waals surface area (Å²) in [5.41, 5.74) is 5.74. The molecule has 0 saturated heterocycles. The molecule has 0 N–H and O–H groups in total. The van der Waals surface area contributed by atoms with E-state index in [0.29, 0.717) is 12.1 Å². The average Bonchev–Trinajstić information content (AvgIpc) is 3.27. The van der Waals surface area contributed by atoms with Crippen molar-refractivity contribution >= 4 is 10.8 Å². The van der Waals surface area contributed by atoms with Crippen LogP contribution in [0.15, 0.2) is 97.2 Å². The fourth-order valence-electron chi connectivity index (χ4n) is 3.76. The van der Waals surface area contributed by atoms with Gasteiger partial charge >= 0.3 is 0 Å². The largest absolute Gasteiger partial charge is 0.247 e. The summed E-state index contributed by atoms with van der Waals surface area (Å²) in [7, 11) is 0. The van der Waals surface area contributed by atoms with Gasteiger partial charge in [0, 0.05) is 5.56 Å². The molecule has 4 heteroatoms. The van der Waals surface area contributed by atoms with Gasteiger partial charge in [0.1, 0.15) is 5.69 Å². The van der Waals surface area contributed by atoms with Gasteiger partial charge in [-0.1, -0.05) is 90.1 Å². The highest BCUT2D eigenvalue weighted by Gasteiger charge is 2.09. The summed E-state index contributed by atoms with van der Waals surface area (Å²) in [6, 6.07) is 32.7. The summed E-state index contributed by atoms with van der Waals surface area (Å²) in [6.45, 7) is 0.637. The number of benzene rings is 4. The fourth-order valence-corrected chi connectivity index (χ4v) is 3.76. The minimum absolute atomic E-state index is 0.637. The Morgan fingerprint density at radius 3 is 2.37 bits per heavy atom. The number of nitriles is 1. The topological polar surface area (TPSA) is 54.5 Å². The molecule has 0 atom stereocenters. The first-order chi connectivity index (χ1) is 14.8. The van der Waals surface area contributed by atoms with Crippen LogP contribution >= 0.6 is 0 Å². The quantitative estimate of drug-likeness (QED) is 0.399. The zero-order valence-corrected chi connectivity index (χ0v) is 16.2. The molecule has 1 aromatic heterocycles. The first-order valence-electron chi connectivity index (χ1n) is 9.78. The van der Waals surface area contributed by atoms with Gasteiger partial charge in [-0.2, -0.15) is 5.26 Å². The molecular weight excluding hydrogens is 368 g/mol. The molecule has 0 aliphatic heterocycles. The minimum Gasteiger partial charge on any atom is -0.247 e. The van der Waals surface area contributed by atoms with Gasteiger partial charge in [0.25, 0.3) is 0 Å². The first kappa shape index (κ1) is 17.8. The highest BCUT2D eigenvalue weighted by atomic mass is 15.4. The maximum absolute atomic E-state index is 9.32. The highest BCUT2D eigenvalue weighted by molar-refractivity contribution is 5.95. The molecule has 5 rings (SSSR count). The predicted molar refractivity (Wildman–Crippen MR) is 119 cm³/mol. The van der Waals surface area contributed by atoms with Crippen LogP contribution in [0.4, 0.5) is 0 Å². The maximum Gasteiger partial charge on any atom is 0.113 e. The summed E-state index contributed by atoms with van der Waals surface area (Å²) < 4.78 is 1.86. The molecule has 0 saturated carbocycles. The molecule has 142 valence electrons. The van der Waals surface area contributed by atoms with Gasteiger partial charge in [-0.3, -0.25) is 0 Å². The monoisotopic (exact) mass is 386 g/mol. The Kier molecular flexibility index (Phi) is 4.55. The molecule has 0 spiro atoms. The van der Waals surface area contributed by atoms with Crippen molar-refractivity contribution < 1.29 is 0 Å². The Morgan fingerprint density at radius 1 is 0.767 bits per heavy atom. The van der Waals surface area contributed by atoms with E-state index in [0.717, 1.165) is 27.9 Å². The van der Waals surface area contributed by atoms with E-state index in [1.165, 1.54) is 10.8 Å². The van der Waals surface area contributed by atoms with Gasteiger partial charge in [-0.15, -0.1) is 5.10 Å². The summed E-state index contributed by atoms with van der Waals surface area (Å²) in [6.07, 6.45) is 1.99. The summed E-state index contributed by atoms with van der Waals surface area (Å²) in [5.74, 6) is 0. The maximum atomic E-state index is 9.32. The van der Waals surface area contributed by atoms with Crippen molar-refractivity contribution in [2.45, 2.75) is 6.54 Å². The second-order valence-corrected chi connectivity index (χ2v) is 7.18. The summed E-state index contributed by atoms with van der Waals surface area (Å²) in [5, 5.41) is 20.4. The lowest BCUT2D eigenvalue weighted by atomic mass is 9.99. The molecule has 0 fully saturated rings. The van der Waals surface area contributed by atoms with E-state index in [1.807, 2.05) is 59.4 Å². The van der Waals surface area contributed by atoms with E-state index < -0.39 is 0 Å². The van der Waals surface area contributed by atoms with Crippen LogP contribution in [0, 0.1) is 11.3 Å². The van der Waals surface area contributed by atoms with Gasteiger partial charge < -0.3 is 0 Å². The van der Waals surface area contributed by atoms with Crippen LogP contribution in [0.1, 0.15) is 11.1 Å². The van der Waals surface area contributed by atoms with Gasteiger partial charge in [0.05, 0.1) is 24.4 Å². The SMILES string of the molecule is N#Cc1ccccc1-c1ccc(Cn2cc(-c3cccc4ccccc34)nn2)cc1. The van der Waals surface area contributed by atoms with Crippen molar-refractivity contribution in [1.82, 2.24) is 15.0 Å². The Labute approximate surface area is 174 Å². The van der Waals surface area contributed by atoms with E-state index in [9.17, 15) is 5.26 Å². The molecule has 0 aliphatic carbocycles. The molecule has 0 bridgehead atoms. The molecule has 4 nitrogen and oxygen atoms in total. The van der Waals surface area contributed by atoms with Crippen molar-refractivity contribution in [3.05, 3.63) is 108 Å². The zero-order valence-electron chi connectivity index (χ0n) is 16.2. The van der Waals surface area contributed by atoms with E-state index >= 15 is 0 Å². The molecule has 30 heavy (non-hydrogen) atoms. The van der Waals surface area contributed by atoms with Crippen LogP contribution in [-0.4, -0.2) is 15.0 Å². The lowest BCUT2D eigenvalue weighted by Gasteiger charge is -2.06. The van der Waals surface area contributed by atoms with Crippen molar-refractivity contribution in [2.75, 3.05) is 0 Å². The fraction of sp³-hybridized carbons (Fsp3) is 0.0385. The molecule has 0 aliphatic rings. The Hall–Kier alpha value is -4.23. The molecule has 0 amide bonds. The van der Waals surface area contributed by atoms with E-state index in [4.69, 9.17) is 0 Å². The smallest absolute Gasteiger partial charge is 0.113 e. The van der Waals surface area contributed by atoms with Crippen LogP contribution in [0.25, 0.3) is 33.2 Å². The standard InChI is InChI=1S/C26H18N4/c27-16-22-7-2-3-9-23(22)21-14-12-19(13-15-21)17-30-18-26(28-29-30)25-11-5-8-20-6-1-4-10-24(20)25/h1-15,18H,17H2. The second kappa shape index (κ2) is 7.65. The Balaban J connectivity index is 1.40. The predicted octanol–water partition coefficient (Wildman–Crippen LogP) is 5.69. The summed E-state index contributed by atoms with van der Waals surface area (Å²) >= 11 is 0.